The lowest BCUT2D eigenvalue weighted by Crippen LogP contribution is -2.22. The van der Waals surface area contributed by atoms with E-state index in [2.05, 4.69) is 0 Å². The zero-order valence-corrected chi connectivity index (χ0v) is 9.46. The molecule has 0 heterocycles. The number of rotatable bonds is 3. The van der Waals surface area contributed by atoms with Gasteiger partial charge < -0.3 is 0 Å². The maximum atomic E-state index is 11.9. The van der Waals surface area contributed by atoms with E-state index < -0.39 is 18.4 Å². The number of halogens is 5. The van der Waals surface area contributed by atoms with E-state index in [-0.39, 0.29) is 16.5 Å². The van der Waals surface area contributed by atoms with Gasteiger partial charge in [0.15, 0.2) is 0 Å². The zero-order valence-electron chi connectivity index (χ0n) is 7.94. The van der Waals surface area contributed by atoms with Crippen LogP contribution in [-0.2, 0) is 11.2 Å². The molecule has 0 spiro atoms. The monoisotopic (exact) mass is 270 g/mol. The summed E-state index contributed by atoms with van der Waals surface area (Å²) in [5.74, 6) is -1.77. The van der Waals surface area contributed by atoms with Crippen molar-refractivity contribution in [2.75, 3.05) is 0 Å². The summed E-state index contributed by atoms with van der Waals surface area (Å²) in [6.45, 7) is 0. The molecular weight excluding hydrogens is 264 g/mol. The van der Waals surface area contributed by atoms with Gasteiger partial charge in [-0.1, -0.05) is 29.3 Å². The quantitative estimate of drug-likeness (QED) is 0.810. The Morgan fingerprint density at radius 2 is 1.69 bits per heavy atom. The Balaban J connectivity index is 2.73. The Labute approximate surface area is 100 Å². The van der Waals surface area contributed by atoms with Crippen LogP contribution in [0.3, 0.4) is 0 Å². The molecule has 0 bridgehead atoms. The molecule has 0 aromatic heterocycles. The van der Waals surface area contributed by atoms with Gasteiger partial charge in [-0.05, 0) is 24.1 Å². The van der Waals surface area contributed by atoms with E-state index in [0.29, 0.717) is 5.56 Å². The first kappa shape index (κ1) is 13.3. The number of alkyl halides is 3. The van der Waals surface area contributed by atoms with Crippen molar-refractivity contribution in [3.05, 3.63) is 33.8 Å². The lowest BCUT2D eigenvalue weighted by atomic mass is 10.1. The molecular formula is C10H7Cl2F3O. The minimum Gasteiger partial charge on any atom is -0.290 e. The zero-order chi connectivity index (χ0) is 12.3. The van der Waals surface area contributed by atoms with E-state index in [1.807, 2.05) is 0 Å². The van der Waals surface area contributed by atoms with Gasteiger partial charge in [0.1, 0.15) is 0 Å². The molecule has 6 heteroatoms. The Morgan fingerprint density at radius 3 is 2.12 bits per heavy atom. The fraction of sp³-hybridized carbons (Fsp3) is 0.300. The van der Waals surface area contributed by atoms with E-state index in [4.69, 9.17) is 23.2 Å². The molecule has 0 atom stereocenters. The highest BCUT2D eigenvalue weighted by molar-refractivity contribution is 6.36. The molecule has 0 aliphatic heterocycles. The largest absolute Gasteiger partial charge is 0.449 e. The van der Waals surface area contributed by atoms with Gasteiger partial charge in [-0.2, -0.15) is 13.2 Å². The van der Waals surface area contributed by atoms with Gasteiger partial charge in [-0.3, -0.25) is 4.79 Å². The fourth-order valence-corrected chi connectivity index (χ4v) is 1.74. The van der Waals surface area contributed by atoms with E-state index in [1.165, 1.54) is 12.1 Å². The lowest BCUT2D eigenvalue weighted by Gasteiger charge is -2.07. The number of hydrogen-bond acceptors (Lipinski definition) is 1. The van der Waals surface area contributed by atoms with E-state index >= 15 is 0 Å². The maximum Gasteiger partial charge on any atom is 0.449 e. The summed E-state index contributed by atoms with van der Waals surface area (Å²) in [4.78, 5) is 10.6. The first-order valence-electron chi connectivity index (χ1n) is 4.35. The Kier molecular flexibility index (Phi) is 4.21. The second kappa shape index (κ2) is 5.06. The van der Waals surface area contributed by atoms with Crippen molar-refractivity contribution in [2.24, 2.45) is 0 Å². The molecule has 1 aromatic rings. The van der Waals surface area contributed by atoms with Crippen molar-refractivity contribution < 1.29 is 18.0 Å². The molecule has 0 saturated heterocycles. The molecule has 0 fully saturated rings. The molecule has 0 amide bonds. The number of carbonyl (C=O) groups excluding carboxylic acids is 1. The van der Waals surface area contributed by atoms with Crippen LogP contribution in [0.25, 0.3) is 0 Å². The summed E-state index contributed by atoms with van der Waals surface area (Å²) >= 11 is 11.5. The standard InChI is InChI=1S/C10H7Cl2F3O/c11-7-2-1-3-8(12)6(7)4-5-9(16)10(13,14)15/h1-3H,4-5H2. The van der Waals surface area contributed by atoms with Crippen molar-refractivity contribution in [1.29, 1.82) is 0 Å². The predicted molar refractivity (Wildman–Crippen MR) is 55.8 cm³/mol. The average molecular weight is 271 g/mol. The smallest absolute Gasteiger partial charge is 0.290 e. The Bertz CT molecular complexity index is 381. The number of ketones is 1. The van der Waals surface area contributed by atoms with Crippen LogP contribution in [0, 0.1) is 0 Å². The number of Topliss-reactive ketones (excluding diaryl/α,β-unsaturated/α-hetero) is 1. The molecule has 16 heavy (non-hydrogen) atoms. The van der Waals surface area contributed by atoms with Gasteiger partial charge in [0.2, 0.25) is 5.78 Å². The first-order valence-corrected chi connectivity index (χ1v) is 5.11. The summed E-state index contributed by atoms with van der Waals surface area (Å²) in [6, 6.07) is 4.61. The van der Waals surface area contributed by atoms with Crippen molar-refractivity contribution in [3.63, 3.8) is 0 Å². The lowest BCUT2D eigenvalue weighted by molar-refractivity contribution is -0.170. The van der Waals surface area contributed by atoms with Gasteiger partial charge >= 0.3 is 6.18 Å². The molecule has 88 valence electrons. The van der Waals surface area contributed by atoms with Crippen LogP contribution in [0.15, 0.2) is 18.2 Å². The summed E-state index contributed by atoms with van der Waals surface area (Å²) in [7, 11) is 0. The Morgan fingerprint density at radius 1 is 1.19 bits per heavy atom. The van der Waals surface area contributed by atoms with Crippen LogP contribution < -0.4 is 0 Å². The van der Waals surface area contributed by atoms with Crippen LogP contribution in [0.1, 0.15) is 12.0 Å². The van der Waals surface area contributed by atoms with E-state index in [1.54, 1.807) is 6.07 Å². The molecule has 1 nitrogen and oxygen atoms in total. The molecule has 0 N–H and O–H groups in total. The summed E-state index contributed by atoms with van der Waals surface area (Å²) in [6.07, 6.45) is -5.56. The number of carbonyl (C=O) groups is 1. The minimum atomic E-state index is -4.80. The third-order valence-electron chi connectivity index (χ3n) is 1.98. The van der Waals surface area contributed by atoms with Gasteiger partial charge in [0.25, 0.3) is 0 Å². The summed E-state index contributed by atoms with van der Waals surface area (Å²) in [5.41, 5.74) is 0.364. The fourth-order valence-electron chi connectivity index (χ4n) is 1.15. The van der Waals surface area contributed by atoms with Crippen LogP contribution in [0.2, 0.25) is 10.0 Å². The number of hydrogen-bond donors (Lipinski definition) is 0. The predicted octanol–water partition coefficient (Wildman–Crippen LogP) is 4.06. The number of benzene rings is 1. The average Bonchev–Trinajstić information content (AvgIpc) is 2.15. The second-order valence-corrected chi connectivity index (χ2v) is 3.94. The topological polar surface area (TPSA) is 17.1 Å². The Hall–Kier alpha value is -0.740. The van der Waals surface area contributed by atoms with E-state index in [0.717, 1.165) is 0 Å². The second-order valence-electron chi connectivity index (χ2n) is 3.12. The van der Waals surface area contributed by atoms with Crippen LogP contribution >= 0.6 is 23.2 Å². The van der Waals surface area contributed by atoms with Crippen LogP contribution in [-0.4, -0.2) is 12.0 Å². The highest BCUT2D eigenvalue weighted by Crippen LogP contribution is 2.27. The minimum absolute atomic E-state index is 0.114. The molecule has 1 rings (SSSR count). The molecule has 1 aromatic carbocycles. The molecule has 0 aliphatic carbocycles. The SMILES string of the molecule is O=C(CCc1c(Cl)cccc1Cl)C(F)(F)F. The van der Waals surface area contributed by atoms with Gasteiger partial charge in [-0.15, -0.1) is 0 Å². The normalized spacial score (nSPS) is 11.6. The van der Waals surface area contributed by atoms with Gasteiger partial charge in [0.05, 0.1) is 0 Å². The highest BCUT2D eigenvalue weighted by Gasteiger charge is 2.37. The van der Waals surface area contributed by atoms with Crippen molar-refractivity contribution >= 4 is 29.0 Å². The van der Waals surface area contributed by atoms with Crippen molar-refractivity contribution in [2.45, 2.75) is 19.0 Å². The highest BCUT2D eigenvalue weighted by atomic mass is 35.5. The first-order chi connectivity index (χ1) is 7.32. The van der Waals surface area contributed by atoms with Crippen molar-refractivity contribution in [1.82, 2.24) is 0 Å². The van der Waals surface area contributed by atoms with Gasteiger partial charge in [0, 0.05) is 16.5 Å². The van der Waals surface area contributed by atoms with Gasteiger partial charge in [-0.25, -0.2) is 0 Å². The van der Waals surface area contributed by atoms with Crippen molar-refractivity contribution in [3.8, 4) is 0 Å². The summed E-state index contributed by atoms with van der Waals surface area (Å²) < 4.78 is 35.8. The third-order valence-corrected chi connectivity index (χ3v) is 2.69. The molecule has 0 unspecified atom stereocenters. The van der Waals surface area contributed by atoms with E-state index in [9.17, 15) is 18.0 Å². The summed E-state index contributed by atoms with van der Waals surface area (Å²) in [5, 5.41) is 0.532. The van der Waals surface area contributed by atoms with Crippen LogP contribution in [0.5, 0.6) is 0 Å². The molecule has 0 aliphatic rings. The molecule has 0 radical (unpaired) electrons. The van der Waals surface area contributed by atoms with Crippen LogP contribution in [0.4, 0.5) is 13.2 Å². The third kappa shape index (κ3) is 3.39. The maximum absolute atomic E-state index is 11.9. The molecule has 0 saturated carbocycles.